The molecule has 0 heterocycles. The van der Waals surface area contributed by atoms with Crippen molar-refractivity contribution in [1.82, 2.24) is 5.32 Å². The molecule has 0 spiro atoms. The molecule has 4 heteroatoms. The molecule has 0 saturated carbocycles. The molecular weight excluding hydrogens is 192 g/mol. The number of nitrogens with one attached hydrogen (secondary N) is 1. The molecule has 1 aromatic carbocycles. The van der Waals surface area contributed by atoms with Crippen LogP contribution in [0.5, 0.6) is 5.75 Å². The average Bonchev–Trinajstić information content (AvgIpc) is 2.21. The number of phenolic OH excluding ortho intramolecular Hbond substituents is 1. The van der Waals surface area contributed by atoms with Gasteiger partial charge in [0, 0.05) is 18.2 Å². The summed E-state index contributed by atoms with van der Waals surface area (Å²) in [7, 11) is 0. The predicted octanol–water partition coefficient (Wildman–Crippen LogP) is 0.398. The Morgan fingerprint density at radius 3 is 2.80 bits per heavy atom. The van der Waals surface area contributed by atoms with Crippen LogP contribution in [0.4, 0.5) is 0 Å². The van der Waals surface area contributed by atoms with E-state index in [1.165, 1.54) is 0 Å². The van der Waals surface area contributed by atoms with Crippen molar-refractivity contribution in [3.05, 3.63) is 29.8 Å². The third kappa shape index (κ3) is 3.59. The Labute approximate surface area is 89.1 Å². The number of amides is 1. The van der Waals surface area contributed by atoms with E-state index in [0.29, 0.717) is 12.1 Å². The number of phenols is 1. The van der Waals surface area contributed by atoms with E-state index in [4.69, 9.17) is 5.73 Å². The van der Waals surface area contributed by atoms with Crippen molar-refractivity contribution in [2.45, 2.75) is 19.4 Å². The smallest absolute Gasteiger partial charge is 0.224 e. The average molecular weight is 208 g/mol. The van der Waals surface area contributed by atoms with Crippen LogP contribution in [0.3, 0.4) is 0 Å². The Balaban J connectivity index is 2.55. The van der Waals surface area contributed by atoms with Gasteiger partial charge in [-0.2, -0.15) is 0 Å². The first-order valence-corrected chi connectivity index (χ1v) is 4.89. The number of aromatic hydroxyl groups is 1. The highest BCUT2D eigenvalue weighted by molar-refractivity contribution is 5.79. The summed E-state index contributed by atoms with van der Waals surface area (Å²) in [6.07, 6.45) is 0.178. The van der Waals surface area contributed by atoms with Gasteiger partial charge in [0.2, 0.25) is 5.91 Å². The van der Waals surface area contributed by atoms with Crippen molar-refractivity contribution in [3.8, 4) is 5.75 Å². The maximum absolute atomic E-state index is 11.5. The first-order chi connectivity index (χ1) is 7.13. The zero-order chi connectivity index (χ0) is 11.3. The molecule has 0 aliphatic heterocycles. The van der Waals surface area contributed by atoms with Crippen molar-refractivity contribution >= 4 is 5.91 Å². The summed E-state index contributed by atoms with van der Waals surface area (Å²) in [5.41, 5.74) is 6.00. The number of benzene rings is 1. The minimum atomic E-state index is -0.130. The topological polar surface area (TPSA) is 75.3 Å². The predicted molar refractivity (Wildman–Crippen MR) is 58.5 cm³/mol. The Hall–Kier alpha value is -1.55. The fourth-order valence-corrected chi connectivity index (χ4v) is 1.22. The van der Waals surface area contributed by atoms with Crippen LogP contribution in [0.25, 0.3) is 0 Å². The number of hydrogen-bond donors (Lipinski definition) is 3. The van der Waals surface area contributed by atoms with Crippen LogP contribution < -0.4 is 11.1 Å². The van der Waals surface area contributed by atoms with Crippen molar-refractivity contribution in [1.29, 1.82) is 0 Å². The van der Waals surface area contributed by atoms with Crippen molar-refractivity contribution in [2.75, 3.05) is 6.54 Å². The lowest BCUT2D eigenvalue weighted by atomic mass is 10.1. The molecule has 1 rings (SSSR count). The summed E-state index contributed by atoms with van der Waals surface area (Å²) in [6, 6.07) is 6.76. The summed E-state index contributed by atoms with van der Waals surface area (Å²) >= 11 is 0. The van der Waals surface area contributed by atoms with E-state index in [0.717, 1.165) is 0 Å². The van der Waals surface area contributed by atoms with E-state index in [2.05, 4.69) is 5.32 Å². The summed E-state index contributed by atoms with van der Waals surface area (Å²) < 4.78 is 0. The highest BCUT2D eigenvalue weighted by Gasteiger charge is 2.08. The summed E-state index contributed by atoms with van der Waals surface area (Å²) in [4.78, 5) is 11.5. The van der Waals surface area contributed by atoms with E-state index in [1.54, 1.807) is 24.3 Å². The molecule has 1 amide bonds. The fraction of sp³-hybridized carbons (Fsp3) is 0.364. The van der Waals surface area contributed by atoms with Gasteiger partial charge in [0.25, 0.3) is 0 Å². The van der Waals surface area contributed by atoms with Gasteiger partial charge >= 0.3 is 0 Å². The number of hydrogen-bond acceptors (Lipinski definition) is 3. The maximum Gasteiger partial charge on any atom is 0.224 e. The first kappa shape index (κ1) is 11.5. The van der Waals surface area contributed by atoms with Gasteiger partial charge in [0.05, 0.1) is 6.42 Å². The summed E-state index contributed by atoms with van der Waals surface area (Å²) in [5, 5.41) is 12.2. The second-order valence-electron chi connectivity index (χ2n) is 3.51. The normalized spacial score (nSPS) is 12.1. The van der Waals surface area contributed by atoms with Gasteiger partial charge in [-0.15, -0.1) is 0 Å². The molecule has 0 aromatic heterocycles. The van der Waals surface area contributed by atoms with Crippen LogP contribution in [-0.2, 0) is 11.2 Å². The molecule has 15 heavy (non-hydrogen) atoms. The van der Waals surface area contributed by atoms with E-state index in [-0.39, 0.29) is 24.1 Å². The summed E-state index contributed by atoms with van der Waals surface area (Å²) in [6.45, 7) is 2.25. The van der Waals surface area contributed by atoms with Crippen LogP contribution in [0.1, 0.15) is 12.5 Å². The number of rotatable bonds is 4. The van der Waals surface area contributed by atoms with Gasteiger partial charge in [0.15, 0.2) is 0 Å². The molecule has 4 nitrogen and oxygen atoms in total. The second kappa shape index (κ2) is 5.36. The molecule has 0 bridgehead atoms. The molecule has 0 radical (unpaired) electrons. The van der Waals surface area contributed by atoms with Gasteiger partial charge in [0.1, 0.15) is 5.75 Å². The SMILES string of the molecule is C[C@H](CN)NC(=O)Cc1ccccc1O. The third-order valence-corrected chi connectivity index (χ3v) is 2.10. The molecule has 4 N–H and O–H groups in total. The lowest BCUT2D eigenvalue weighted by Gasteiger charge is -2.11. The van der Waals surface area contributed by atoms with E-state index in [9.17, 15) is 9.90 Å². The molecule has 1 aromatic rings. The minimum absolute atomic E-state index is 0.0386. The minimum Gasteiger partial charge on any atom is -0.508 e. The monoisotopic (exact) mass is 208 g/mol. The molecule has 0 fully saturated rings. The van der Waals surface area contributed by atoms with Gasteiger partial charge in [-0.1, -0.05) is 18.2 Å². The highest BCUT2D eigenvalue weighted by atomic mass is 16.3. The Morgan fingerprint density at radius 2 is 2.20 bits per heavy atom. The molecule has 0 aliphatic rings. The van der Waals surface area contributed by atoms with Crippen molar-refractivity contribution in [3.63, 3.8) is 0 Å². The molecule has 1 atom stereocenters. The van der Waals surface area contributed by atoms with Gasteiger partial charge in [-0.25, -0.2) is 0 Å². The van der Waals surface area contributed by atoms with Crippen LogP contribution in [-0.4, -0.2) is 23.6 Å². The fourth-order valence-electron chi connectivity index (χ4n) is 1.22. The van der Waals surface area contributed by atoms with Crippen LogP contribution in [0.15, 0.2) is 24.3 Å². The maximum atomic E-state index is 11.5. The Morgan fingerprint density at radius 1 is 1.53 bits per heavy atom. The zero-order valence-corrected chi connectivity index (χ0v) is 8.73. The van der Waals surface area contributed by atoms with Gasteiger partial charge in [-0.05, 0) is 13.0 Å². The van der Waals surface area contributed by atoms with Gasteiger partial charge in [-0.3, -0.25) is 4.79 Å². The van der Waals surface area contributed by atoms with Crippen molar-refractivity contribution in [2.24, 2.45) is 5.73 Å². The lowest BCUT2D eigenvalue weighted by molar-refractivity contribution is -0.121. The highest BCUT2D eigenvalue weighted by Crippen LogP contribution is 2.15. The number of nitrogens with two attached hydrogens (primary N) is 1. The summed E-state index contributed by atoms with van der Waals surface area (Å²) in [5.74, 6) is 0.0162. The van der Waals surface area contributed by atoms with Crippen molar-refractivity contribution < 1.29 is 9.90 Å². The van der Waals surface area contributed by atoms with Crippen LogP contribution in [0, 0.1) is 0 Å². The second-order valence-corrected chi connectivity index (χ2v) is 3.51. The van der Waals surface area contributed by atoms with Crippen LogP contribution >= 0.6 is 0 Å². The third-order valence-electron chi connectivity index (χ3n) is 2.10. The Bertz CT molecular complexity index is 339. The number of carbonyl (C=O) groups is 1. The quantitative estimate of drug-likeness (QED) is 0.670. The molecule has 82 valence electrons. The zero-order valence-electron chi connectivity index (χ0n) is 8.73. The standard InChI is InChI=1S/C11H16N2O2/c1-8(7-12)13-11(15)6-9-4-2-3-5-10(9)14/h2-5,8,14H,6-7,12H2,1H3,(H,13,15)/t8-/m1/s1. The number of para-hydroxylation sites is 1. The van der Waals surface area contributed by atoms with E-state index < -0.39 is 0 Å². The largest absolute Gasteiger partial charge is 0.508 e. The van der Waals surface area contributed by atoms with Gasteiger partial charge < -0.3 is 16.2 Å². The van der Waals surface area contributed by atoms with Crippen LogP contribution in [0.2, 0.25) is 0 Å². The molecule has 0 aliphatic carbocycles. The number of carbonyl (C=O) groups excluding carboxylic acids is 1. The first-order valence-electron chi connectivity index (χ1n) is 4.89. The molecular formula is C11H16N2O2. The van der Waals surface area contributed by atoms with E-state index in [1.807, 2.05) is 6.92 Å². The molecule has 0 unspecified atom stereocenters. The van der Waals surface area contributed by atoms with E-state index >= 15 is 0 Å². The Kier molecular flexibility index (Phi) is 4.12. The molecule has 0 saturated heterocycles. The lowest BCUT2D eigenvalue weighted by Crippen LogP contribution is -2.38.